The fraction of sp³-hybridized carbons (Fsp3) is 0.263. The van der Waals surface area contributed by atoms with Gasteiger partial charge in [-0.05, 0) is 55.7 Å². The predicted octanol–water partition coefficient (Wildman–Crippen LogP) is 3.22. The van der Waals surface area contributed by atoms with E-state index in [9.17, 15) is 23.1 Å². The molecule has 1 aliphatic rings. The molecule has 1 saturated heterocycles. The Morgan fingerprint density at radius 3 is 2.39 bits per heavy atom. The summed E-state index contributed by atoms with van der Waals surface area (Å²) in [5, 5.41) is 12.3. The van der Waals surface area contributed by atoms with Crippen LogP contribution in [0.2, 0.25) is 5.02 Å². The van der Waals surface area contributed by atoms with Gasteiger partial charge in [-0.15, -0.1) is 0 Å². The molecule has 0 aromatic heterocycles. The van der Waals surface area contributed by atoms with E-state index in [4.69, 9.17) is 11.6 Å². The number of hydrogen-bond donors (Lipinski definition) is 2. The molecule has 0 saturated carbocycles. The van der Waals surface area contributed by atoms with Gasteiger partial charge < -0.3 is 10.4 Å². The van der Waals surface area contributed by atoms with Gasteiger partial charge in [0.25, 0.3) is 5.91 Å². The minimum atomic E-state index is -3.94. The Morgan fingerprint density at radius 2 is 1.75 bits per heavy atom. The summed E-state index contributed by atoms with van der Waals surface area (Å²) in [7, 11) is -3.94. The van der Waals surface area contributed by atoms with Gasteiger partial charge >= 0.3 is 5.97 Å². The second-order valence-electron chi connectivity index (χ2n) is 6.42. The first-order chi connectivity index (χ1) is 13.3. The van der Waals surface area contributed by atoms with Crippen molar-refractivity contribution in [2.24, 2.45) is 0 Å². The van der Waals surface area contributed by atoms with Gasteiger partial charge in [0.15, 0.2) is 0 Å². The predicted molar refractivity (Wildman–Crippen MR) is 105 cm³/mol. The zero-order valence-electron chi connectivity index (χ0n) is 14.8. The molecule has 2 aromatic carbocycles. The zero-order chi connectivity index (χ0) is 20.3. The highest BCUT2D eigenvalue weighted by atomic mass is 35.5. The van der Waals surface area contributed by atoms with Crippen LogP contribution in [0.15, 0.2) is 53.4 Å². The van der Waals surface area contributed by atoms with Gasteiger partial charge in [0.2, 0.25) is 10.0 Å². The Hall–Kier alpha value is -2.42. The molecule has 1 aliphatic heterocycles. The molecule has 0 aliphatic carbocycles. The van der Waals surface area contributed by atoms with Crippen LogP contribution in [0.3, 0.4) is 0 Å². The number of anilines is 1. The molecule has 7 nitrogen and oxygen atoms in total. The standard InChI is InChI=1S/C19H19ClN2O5S/c20-16-6-2-1-5-15(16)18(23)21-13-8-10-14(11-9-13)28(26,27)22-12-4-3-7-17(22)19(24)25/h1-2,5-6,8-11,17H,3-4,7,12H2,(H,21,23)(H,24,25). The Kier molecular flexibility index (Phi) is 6.02. The number of amides is 1. The summed E-state index contributed by atoms with van der Waals surface area (Å²) in [5.74, 6) is -1.56. The summed E-state index contributed by atoms with van der Waals surface area (Å²) in [5.41, 5.74) is 0.704. The number of aliphatic carboxylic acids is 1. The third-order valence-electron chi connectivity index (χ3n) is 4.58. The maximum atomic E-state index is 12.9. The monoisotopic (exact) mass is 422 g/mol. The summed E-state index contributed by atoms with van der Waals surface area (Å²) in [6, 6.07) is 11.2. The first-order valence-corrected chi connectivity index (χ1v) is 10.5. The van der Waals surface area contributed by atoms with Crippen LogP contribution in [-0.2, 0) is 14.8 Å². The molecule has 28 heavy (non-hydrogen) atoms. The number of halogens is 1. The molecule has 148 valence electrons. The molecule has 2 N–H and O–H groups in total. The first kappa shape index (κ1) is 20.3. The molecular formula is C19H19ClN2O5S. The van der Waals surface area contributed by atoms with Crippen LogP contribution in [0.1, 0.15) is 29.6 Å². The fourth-order valence-corrected chi connectivity index (χ4v) is 5.00. The molecular weight excluding hydrogens is 404 g/mol. The molecule has 0 radical (unpaired) electrons. The van der Waals surface area contributed by atoms with Crippen LogP contribution in [0.5, 0.6) is 0 Å². The summed E-state index contributed by atoms with van der Waals surface area (Å²) in [6.45, 7) is 0.171. The van der Waals surface area contributed by atoms with Crippen LogP contribution < -0.4 is 5.32 Å². The first-order valence-electron chi connectivity index (χ1n) is 8.71. The second kappa shape index (κ2) is 8.30. The van der Waals surface area contributed by atoms with Crippen molar-refractivity contribution in [3.8, 4) is 0 Å². The van der Waals surface area contributed by atoms with E-state index in [-0.39, 0.29) is 11.4 Å². The highest BCUT2D eigenvalue weighted by Crippen LogP contribution is 2.26. The van der Waals surface area contributed by atoms with Crippen LogP contribution in [-0.4, -0.2) is 42.3 Å². The second-order valence-corrected chi connectivity index (χ2v) is 8.72. The average Bonchev–Trinajstić information content (AvgIpc) is 2.68. The number of nitrogens with zero attached hydrogens (tertiary/aromatic N) is 1. The largest absolute Gasteiger partial charge is 0.480 e. The summed E-state index contributed by atoms with van der Waals surface area (Å²) >= 11 is 6.00. The smallest absolute Gasteiger partial charge is 0.322 e. The summed E-state index contributed by atoms with van der Waals surface area (Å²) in [6.07, 6.45) is 1.59. The minimum absolute atomic E-state index is 0.0172. The van der Waals surface area contributed by atoms with Crippen molar-refractivity contribution in [1.29, 1.82) is 0 Å². The third-order valence-corrected chi connectivity index (χ3v) is 6.83. The van der Waals surface area contributed by atoms with Gasteiger partial charge in [-0.1, -0.05) is 23.7 Å². The topological polar surface area (TPSA) is 104 Å². The number of sulfonamides is 1. The average molecular weight is 423 g/mol. The van der Waals surface area contributed by atoms with E-state index in [0.717, 1.165) is 4.31 Å². The van der Waals surface area contributed by atoms with E-state index in [1.807, 2.05) is 0 Å². The van der Waals surface area contributed by atoms with Gasteiger partial charge in [0.05, 0.1) is 15.5 Å². The lowest BCUT2D eigenvalue weighted by molar-refractivity contribution is -0.142. The summed E-state index contributed by atoms with van der Waals surface area (Å²) in [4.78, 5) is 23.7. The molecule has 0 spiro atoms. The fourth-order valence-electron chi connectivity index (χ4n) is 3.13. The summed E-state index contributed by atoms with van der Waals surface area (Å²) < 4.78 is 26.8. The van der Waals surface area contributed by atoms with Crippen LogP contribution in [0.4, 0.5) is 5.69 Å². The molecule has 3 rings (SSSR count). The van der Waals surface area contributed by atoms with Crippen molar-refractivity contribution in [2.75, 3.05) is 11.9 Å². The van der Waals surface area contributed by atoms with Gasteiger partial charge in [-0.25, -0.2) is 8.42 Å². The van der Waals surface area contributed by atoms with E-state index in [0.29, 0.717) is 35.5 Å². The van der Waals surface area contributed by atoms with E-state index in [2.05, 4.69) is 5.32 Å². The highest BCUT2D eigenvalue weighted by Gasteiger charge is 2.37. The number of benzene rings is 2. The lowest BCUT2D eigenvalue weighted by atomic mass is 10.1. The number of hydrogen-bond acceptors (Lipinski definition) is 4. The highest BCUT2D eigenvalue weighted by molar-refractivity contribution is 7.89. The van der Waals surface area contributed by atoms with Crippen molar-refractivity contribution in [2.45, 2.75) is 30.2 Å². The molecule has 1 heterocycles. The molecule has 1 unspecified atom stereocenters. The van der Waals surface area contributed by atoms with Gasteiger partial charge in [-0.3, -0.25) is 9.59 Å². The molecule has 9 heteroatoms. The lowest BCUT2D eigenvalue weighted by Crippen LogP contribution is -2.47. The Bertz CT molecular complexity index is 992. The number of carboxylic acid groups (broad SMARTS) is 1. The van der Waals surface area contributed by atoms with E-state index in [1.54, 1.807) is 24.3 Å². The van der Waals surface area contributed by atoms with Crippen molar-refractivity contribution >= 4 is 39.2 Å². The molecule has 1 fully saturated rings. The van der Waals surface area contributed by atoms with Crippen molar-refractivity contribution < 1.29 is 23.1 Å². The number of rotatable bonds is 5. The molecule has 1 atom stereocenters. The van der Waals surface area contributed by atoms with Crippen molar-refractivity contribution in [1.82, 2.24) is 4.31 Å². The quantitative estimate of drug-likeness (QED) is 0.769. The Balaban J connectivity index is 1.79. The van der Waals surface area contributed by atoms with E-state index < -0.39 is 27.9 Å². The van der Waals surface area contributed by atoms with Crippen molar-refractivity contribution in [3.05, 3.63) is 59.1 Å². The lowest BCUT2D eigenvalue weighted by Gasteiger charge is -2.31. The Labute approximate surface area is 168 Å². The minimum Gasteiger partial charge on any atom is -0.480 e. The maximum absolute atomic E-state index is 12.9. The SMILES string of the molecule is O=C(Nc1ccc(S(=O)(=O)N2CCCCC2C(=O)O)cc1)c1ccccc1Cl. The number of carbonyl (C=O) groups excluding carboxylic acids is 1. The number of nitrogens with one attached hydrogen (secondary N) is 1. The zero-order valence-corrected chi connectivity index (χ0v) is 16.4. The normalized spacial score (nSPS) is 17.8. The van der Waals surface area contributed by atoms with Gasteiger partial charge in [0, 0.05) is 12.2 Å². The van der Waals surface area contributed by atoms with Crippen molar-refractivity contribution in [3.63, 3.8) is 0 Å². The number of piperidine rings is 1. The van der Waals surface area contributed by atoms with E-state index >= 15 is 0 Å². The van der Waals surface area contributed by atoms with Gasteiger partial charge in [-0.2, -0.15) is 4.31 Å². The number of carboxylic acids is 1. The molecule has 1 amide bonds. The number of carbonyl (C=O) groups is 2. The van der Waals surface area contributed by atoms with Crippen LogP contribution in [0.25, 0.3) is 0 Å². The molecule has 2 aromatic rings. The molecule has 0 bridgehead atoms. The van der Waals surface area contributed by atoms with Crippen LogP contribution in [0, 0.1) is 0 Å². The van der Waals surface area contributed by atoms with Crippen LogP contribution >= 0.6 is 11.6 Å². The van der Waals surface area contributed by atoms with Gasteiger partial charge in [0.1, 0.15) is 6.04 Å². The Morgan fingerprint density at radius 1 is 1.07 bits per heavy atom. The third kappa shape index (κ3) is 4.19. The maximum Gasteiger partial charge on any atom is 0.322 e. The van der Waals surface area contributed by atoms with E-state index in [1.165, 1.54) is 24.3 Å².